The standard InChI is InChI=1S/C23H28FNO2/c1-2-3-13-25-14-5-8-20-7-4-10-22(23(20)25)27-17-18-11-12-19(9-6-15-26)21(24)16-18/h4,7,10-12,15-16H,2-3,5-6,8-9,13-14,17H2,1H3. The molecule has 0 radical (unpaired) electrons. The van der Waals surface area contributed by atoms with Crippen molar-refractivity contribution < 1.29 is 13.9 Å². The van der Waals surface area contributed by atoms with Crippen LogP contribution >= 0.6 is 0 Å². The third-order valence-corrected chi connectivity index (χ3v) is 5.10. The van der Waals surface area contributed by atoms with Crippen LogP contribution in [-0.4, -0.2) is 19.4 Å². The number of para-hydroxylation sites is 1. The molecule has 27 heavy (non-hydrogen) atoms. The fraction of sp³-hybridized carbons (Fsp3) is 0.435. The number of benzene rings is 2. The van der Waals surface area contributed by atoms with Crippen molar-refractivity contribution >= 4 is 12.0 Å². The number of unbranched alkanes of at least 4 members (excludes halogenated alkanes) is 1. The minimum Gasteiger partial charge on any atom is -0.487 e. The Hall–Kier alpha value is -2.36. The molecule has 0 saturated carbocycles. The SMILES string of the molecule is CCCCN1CCCc2cccc(OCc3ccc(CCC=O)c(F)c3)c21. The molecule has 0 unspecified atom stereocenters. The highest BCUT2D eigenvalue weighted by Crippen LogP contribution is 2.37. The first-order valence-electron chi connectivity index (χ1n) is 9.93. The molecule has 144 valence electrons. The quantitative estimate of drug-likeness (QED) is 0.577. The lowest BCUT2D eigenvalue weighted by Gasteiger charge is -2.33. The zero-order valence-electron chi connectivity index (χ0n) is 16.0. The van der Waals surface area contributed by atoms with Crippen LogP contribution in [0.3, 0.4) is 0 Å². The van der Waals surface area contributed by atoms with Gasteiger partial charge in [0.15, 0.2) is 0 Å². The number of rotatable bonds is 9. The van der Waals surface area contributed by atoms with E-state index in [0.717, 1.165) is 37.1 Å². The van der Waals surface area contributed by atoms with E-state index in [1.54, 1.807) is 6.07 Å². The molecule has 3 nitrogen and oxygen atoms in total. The maximum atomic E-state index is 14.2. The van der Waals surface area contributed by atoms with E-state index < -0.39 is 0 Å². The van der Waals surface area contributed by atoms with Gasteiger partial charge in [-0.1, -0.05) is 37.6 Å². The summed E-state index contributed by atoms with van der Waals surface area (Å²) >= 11 is 0. The number of ether oxygens (including phenoxy) is 1. The van der Waals surface area contributed by atoms with Gasteiger partial charge in [0.1, 0.15) is 24.5 Å². The summed E-state index contributed by atoms with van der Waals surface area (Å²) in [6.45, 7) is 4.65. The highest BCUT2D eigenvalue weighted by Gasteiger charge is 2.20. The van der Waals surface area contributed by atoms with Crippen molar-refractivity contribution in [3.05, 3.63) is 58.9 Å². The summed E-state index contributed by atoms with van der Waals surface area (Å²) in [5, 5.41) is 0. The summed E-state index contributed by atoms with van der Waals surface area (Å²) in [4.78, 5) is 12.9. The Morgan fingerprint density at radius 2 is 2.15 bits per heavy atom. The predicted molar refractivity (Wildman–Crippen MR) is 107 cm³/mol. The van der Waals surface area contributed by atoms with Crippen LogP contribution in [0.25, 0.3) is 0 Å². The number of hydrogen-bond donors (Lipinski definition) is 0. The van der Waals surface area contributed by atoms with Crippen molar-refractivity contribution in [1.82, 2.24) is 0 Å². The molecule has 4 heteroatoms. The van der Waals surface area contributed by atoms with Gasteiger partial charge in [-0.2, -0.15) is 0 Å². The highest BCUT2D eigenvalue weighted by atomic mass is 19.1. The molecule has 0 aromatic heterocycles. The average Bonchev–Trinajstić information content (AvgIpc) is 2.69. The Kier molecular flexibility index (Phi) is 6.86. The first kappa shape index (κ1) is 19.4. The van der Waals surface area contributed by atoms with Crippen molar-refractivity contribution in [3.8, 4) is 5.75 Å². The summed E-state index contributed by atoms with van der Waals surface area (Å²) in [7, 11) is 0. The number of hydrogen-bond acceptors (Lipinski definition) is 3. The molecule has 2 aromatic rings. The van der Waals surface area contributed by atoms with E-state index in [0.29, 0.717) is 25.0 Å². The zero-order chi connectivity index (χ0) is 19.1. The van der Waals surface area contributed by atoms with Gasteiger partial charge in [0.25, 0.3) is 0 Å². The second-order valence-electron chi connectivity index (χ2n) is 7.13. The van der Waals surface area contributed by atoms with E-state index in [2.05, 4.69) is 17.9 Å². The summed E-state index contributed by atoms with van der Waals surface area (Å²) in [5.41, 5.74) is 3.93. The van der Waals surface area contributed by atoms with Gasteiger partial charge in [-0.3, -0.25) is 0 Å². The van der Waals surface area contributed by atoms with E-state index in [1.807, 2.05) is 18.2 Å². The molecule has 3 rings (SSSR count). The molecule has 0 bridgehead atoms. The second-order valence-corrected chi connectivity index (χ2v) is 7.13. The van der Waals surface area contributed by atoms with Crippen LogP contribution < -0.4 is 9.64 Å². The van der Waals surface area contributed by atoms with Crippen molar-refractivity contribution in [3.63, 3.8) is 0 Å². The molecule has 0 fully saturated rings. The van der Waals surface area contributed by atoms with Gasteiger partial charge in [-0.05, 0) is 54.5 Å². The largest absolute Gasteiger partial charge is 0.487 e. The normalized spacial score (nSPS) is 13.3. The fourth-order valence-corrected chi connectivity index (χ4v) is 3.65. The molecular weight excluding hydrogens is 341 g/mol. The minimum atomic E-state index is -0.266. The van der Waals surface area contributed by atoms with Gasteiger partial charge >= 0.3 is 0 Å². The lowest BCUT2D eigenvalue weighted by Crippen LogP contribution is -2.30. The fourth-order valence-electron chi connectivity index (χ4n) is 3.65. The molecule has 1 aliphatic rings. The van der Waals surface area contributed by atoms with Crippen molar-refractivity contribution in [2.45, 2.75) is 52.1 Å². The lowest BCUT2D eigenvalue weighted by atomic mass is 10.0. The van der Waals surface area contributed by atoms with E-state index in [9.17, 15) is 9.18 Å². The number of aldehydes is 1. The minimum absolute atomic E-state index is 0.266. The van der Waals surface area contributed by atoms with Crippen LogP contribution in [0.5, 0.6) is 5.75 Å². The molecular formula is C23H28FNO2. The third-order valence-electron chi connectivity index (χ3n) is 5.10. The van der Waals surface area contributed by atoms with Crippen molar-refractivity contribution in [2.75, 3.05) is 18.0 Å². The van der Waals surface area contributed by atoms with Gasteiger partial charge < -0.3 is 14.4 Å². The third kappa shape index (κ3) is 4.88. The summed E-state index contributed by atoms with van der Waals surface area (Å²) in [6.07, 6.45) is 6.19. The Balaban J connectivity index is 1.73. The summed E-state index contributed by atoms with van der Waals surface area (Å²) in [6, 6.07) is 11.4. The molecule has 0 atom stereocenters. The van der Waals surface area contributed by atoms with E-state index in [-0.39, 0.29) is 5.82 Å². The number of nitrogens with zero attached hydrogens (tertiary/aromatic N) is 1. The maximum absolute atomic E-state index is 14.2. The molecule has 1 heterocycles. The number of aryl methyl sites for hydroxylation is 2. The number of carbonyl (C=O) groups is 1. The molecule has 0 spiro atoms. The topological polar surface area (TPSA) is 29.5 Å². The van der Waals surface area contributed by atoms with Crippen LogP contribution in [0, 0.1) is 5.82 Å². The molecule has 0 aliphatic carbocycles. The molecule has 0 saturated heterocycles. The number of halogens is 1. The zero-order valence-corrected chi connectivity index (χ0v) is 16.0. The van der Waals surface area contributed by atoms with Crippen LogP contribution in [0.4, 0.5) is 10.1 Å². The van der Waals surface area contributed by atoms with E-state index >= 15 is 0 Å². The monoisotopic (exact) mass is 369 g/mol. The maximum Gasteiger partial charge on any atom is 0.143 e. The van der Waals surface area contributed by atoms with Gasteiger partial charge in [0, 0.05) is 19.5 Å². The summed E-state index contributed by atoms with van der Waals surface area (Å²) < 4.78 is 20.3. The Morgan fingerprint density at radius 1 is 1.26 bits per heavy atom. The number of anilines is 1. The molecule has 2 aromatic carbocycles. The smallest absolute Gasteiger partial charge is 0.143 e. The summed E-state index contributed by atoms with van der Waals surface area (Å²) in [5.74, 6) is 0.617. The Morgan fingerprint density at radius 3 is 2.93 bits per heavy atom. The van der Waals surface area contributed by atoms with E-state index in [1.165, 1.54) is 36.6 Å². The average molecular weight is 369 g/mol. The van der Waals surface area contributed by atoms with Crippen LogP contribution in [0.1, 0.15) is 49.3 Å². The van der Waals surface area contributed by atoms with Crippen molar-refractivity contribution in [2.24, 2.45) is 0 Å². The first-order chi connectivity index (χ1) is 13.2. The van der Waals surface area contributed by atoms with Crippen LogP contribution in [0.15, 0.2) is 36.4 Å². The Labute approximate surface area is 161 Å². The van der Waals surface area contributed by atoms with E-state index in [4.69, 9.17) is 4.74 Å². The van der Waals surface area contributed by atoms with Gasteiger partial charge in [0.05, 0.1) is 5.69 Å². The van der Waals surface area contributed by atoms with Crippen LogP contribution in [0.2, 0.25) is 0 Å². The Bertz CT molecular complexity index is 775. The second kappa shape index (κ2) is 9.54. The highest BCUT2D eigenvalue weighted by molar-refractivity contribution is 5.65. The molecule has 0 N–H and O–H groups in total. The lowest BCUT2D eigenvalue weighted by molar-refractivity contribution is -0.107. The first-order valence-corrected chi connectivity index (χ1v) is 9.93. The van der Waals surface area contributed by atoms with Crippen LogP contribution in [-0.2, 0) is 24.2 Å². The van der Waals surface area contributed by atoms with Crippen molar-refractivity contribution in [1.29, 1.82) is 0 Å². The molecule has 0 amide bonds. The van der Waals surface area contributed by atoms with Gasteiger partial charge in [0.2, 0.25) is 0 Å². The van der Waals surface area contributed by atoms with Gasteiger partial charge in [-0.15, -0.1) is 0 Å². The van der Waals surface area contributed by atoms with Gasteiger partial charge in [-0.25, -0.2) is 4.39 Å². The predicted octanol–water partition coefficient (Wildman–Crippen LogP) is 5.09. The number of carbonyl (C=O) groups excluding carboxylic acids is 1. The molecule has 1 aliphatic heterocycles. The number of fused-ring (bicyclic) bond motifs is 1.